The minimum atomic E-state index is -0.0708. The van der Waals surface area contributed by atoms with E-state index in [0.29, 0.717) is 17.8 Å². The molecule has 0 saturated heterocycles. The zero-order chi connectivity index (χ0) is 13.8. The number of likely N-dealkylation sites (N-methyl/N-ethyl adjacent to an activating group) is 1. The molecule has 0 heterocycles. The van der Waals surface area contributed by atoms with E-state index < -0.39 is 0 Å². The summed E-state index contributed by atoms with van der Waals surface area (Å²) in [6.45, 7) is 3.57. The van der Waals surface area contributed by atoms with Crippen molar-refractivity contribution in [3.8, 4) is 6.07 Å². The summed E-state index contributed by atoms with van der Waals surface area (Å²) in [5, 5.41) is 11.8. The highest BCUT2D eigenvalue weighted by Crippen LogP contribution is 2.37. The summed E-state index contributed by atoms with van der Waals surface area (Å²) in [5.41, 5.74) is 1.08. The number of nitrogens with zero attached hydrogens (tertiary/aromatic N) is 2. The van der Waals surface area contributed by atoms with Crippen molar-refractivity contribution >= 4 is 11.6 Å². The van der Waals surface area contributed by atoms with Gasteiger partial charge in [0, 0.05) is 6.54 Å². The van der Waals surface area contributed by atoms with Crippen LogP contribution >= 0.6 is 0 Å². The maximum atomic E-state index is 11.9. The van der Waals surface area contributed by atoms with Crippen LogP contribution < -0.4 is 5.32 Å². The van der Waals surface area contributed by atoms with Gasteiger partial charge in [-0.15, -0.1) is 0 Å². The number of benzene rings is 1. The second-order valence-electron chi connectivity index (χ2n) is 5.38. The van der Waals surface area contributed by atoms with Gasteiger partial charge in [-0.2, -0.15) is 5.26 Å². The number of hydrogen-bond donors (Lipinski definition) is 1. The third-order valence-corrected chi connectivity index (χ3v) is 3.56. The van der Waals surface area contributed by atoms with Crippen molar-refractivity contribution in [2.75, 3.05) is 25.5 Å². The van der Waals surface area contributed by atoms with E-state index in [1.807, 2.05) is 18.0 Å². The first-order valence-electron chi connectivity index (χ1n) is 6.57. The molecule has 1 aromatic rings. The Kier molecular flexibility index (Phi) is 4.18. The fourth-order valence-electron chi connectivity index (χ4n) is 2.24. The average molecular weight is 257 g/mol. The van der Waals surface area contributed by atoms with Crippen molar-refractivity contribution in [3.05, 3.63) is 29.8 Å². The molecule has 1 aliphatic rings. The lowest BCUT2D eigenvalue weighted by molar-refractivity contribution is -0.117. The summed E-state index contributed by atoms with van der Waals surface area (Å²) in [7, 11) is 1.96. The Labute approximate surface area is 114 Å². The average Bonchev–Trinajstić information content (AvgIpc) is 3.04. The number of nitriles is 1. The number of nitrogens with one attached hydrogen (secondary N) is 1. The Balaban J connectivity index is 1.85. The lowest BCUT2D eigenvalue weighted by Crippen LogP contribution is -2.32. The molecule has 1 aliphatic carbocycles. The van der Waals surface area contributed by atoms with Gasteiger partial charge in [0.25, 0.3) is 0 Å². The molecule has 1 N–H and O–H groups in total. The molecule has 2 rings (SSSR count). The molecular weight excluding hydrogens is 238 g/mol. The van der Waals surface area contributed by atoms with Crippen LogP contribution in [-0.2, 0) is 4.79 Å². The number of anilines is 1. The third-order valence-electron chi connectivity index (χ3n) is 3.56. The molecule has 0 aromatic heterocycles. The smallest absolute Gasteiger partial charge is 0.238 e. The van der Waals surface area contributed by atoms with Gasteiger partial charge in [-0.1, -0.05) is 19.1 Å². The van der Waals surface area contributed by atoms with Crippen molar-refractivity contribution in [1.82, 2.24) is 4.90 Å². The normalized spacial score (nSPS) is 20.9. The Morgan fingerprint density at radius 3 is 2.84 bits per heavy atom. The molecular formula is C15H19N3O. The van der Waals surface area contributed by atoms with Gasteiger partial charge in [-0.25, -0.2) is 0 Å². The number of hydrogen-bond acceptors (Lipinski definition) is 3. The molecule has 2 atom stereocenters. The van der Waals surface area contributed by atoms with Crippen LogP contribution in [-0.4, -0.2) is 30.9 Å². The van der Waals surface area contributed by atoms with Gasteiger partial charge in [0.2, 0.25) is 5.91 Å². The number of carbonyl (C=O) groups excluding carboxylic acids is 1. The zero-order valence-electron chi connectivity index (χ0n) is 11.4. The fraction of sp³-hybridized carbons (Fsp3) is 0.467. The van der Waals surface area contributed by atoms with Crippen LogP contribution in [0, 0.1) is 23.2 Å². The van der Waals surface area contributed by atoms with Gasteiger partial charge < -0.3 is 5.32 Å². The van der Waals surface area contributed by atoms with Crippen molar-refractivity contribution in [2.24, 2.45) is 11.8 Å². The van der Waals surface area contributed by atoms with Gasteiger partial charge in [-0.05, 0) is 37.4 Å². The second kappa shape index (κ2) is 5.85. The van der Waals surface area contributed by atoms with E-state index in [2.05, 4.69) is 18.3 Å². The van der Waals surface area contributed by atoms with Crippen molar-refractivity contribution in [3.63, 3.8) is 0 Å². The minimum Gasteiger partial charge on any atom is -0.324 e. The van der Waals surface area contributed by atoms with Crippen LogP contribution in [0.5, 0.6) is 0 Å². The van der Waals surface area contributed by atoms with E-state index >= 15 is 0 Å². The monoisotopic (exact) mass is 257 g/mol. The van der Waals surface area contributed by atoms with Crippen LogP contribution in [0.15, 0.2) is 24.3 Å². The zero-order valence-corrected chi connectivity index (χ0v) is 11.4. The first-order chi connectivity index (χ1) is 9.10. The Hall–Kier alpha value is -1.86. The van der Waals surface area contributed by atoms with Gasteiger partial charge in [0.1, 0.15) is 6.07 Å². The van der Waals surface area contributed by atoms with Gasteiger partial charge >= 0.3 is 0 Å². The van der Waals surface area contributed by atoms with Gasteiger partial charge in [-0.3, -0.25) is 9.69 Å². The van der Waals surface area contributed by atoms with E-state index in [4.69, 9.17) is 5.26 Å². The molecule has 100 valence electrons. The minimum absolute atomic E-state index is 0.0708. The predicted molar refractivity (Wildman–Crippen MR) is 74.6 cm³/mol. The fourth-order valence-corrected chi connectivity index (χ4v) is 2.24. The summed E-state index contributed by atoms with van der Waals surface area (Å²) >= 11 is 0. The topological polar surface area (TPSA) is 56.1 Å². The highest BCUT2D eigenvalue weighted by Gasteiger charge is 2.33. The summed E-state index contributed by atoms with van der Waals surface area (Å²) in [6, 6.07) is 9.12. The summed E-state index contributed by atoms with van der Waals surface area (Å²) in [5.74, 6) is 1.47. The second-order valence-corrected chi connectivity index (χ2v) is 5.38. The molecule has 1 amide bonds. The van der Waals surface area contributed by atoms with Crippen molar-refractivity contribution in [2.45, 2.75) is 13.3 Å². The molecule has 19 heavy (non-hydrogen) atoms. The summed E-state index contributed by atoms with van der Waals surface area (Å²) in [4.78, 5) is 14.0. The molecule has 0 bridgehead atoms. The lowest BCUT2D eigenvalue weighted by atomic mass is 10.2. The highest BCUT2D eigenvalue weighted by atomic mass is 16.2. The molecule has 1 fully saturated rings. The molecule has 0 spiro atoms. The van der Waals surface area contributed by atoms with E-state index in [1.54, 1.807) is 18.2 Å². The molecule has 4 nitrogen and oxygen atoms in total. The maximum absolute atomic E-state index is 11.9. The summed E-state index contributed by atoms with van der Waals surface area (Å²) in [6.07, 6.45) is 1.27. The first kappa shape index (κ1) is 13.6. The van der Waals surface area contributed by atoms with Crippen molar-refractivity contribution in [1.29, 1.82) is 5.26 Å². The number of amides is 1. The Morgan fingerprint density at radius 2 is 2.21 bits per heavy atom. The molecule has 2 unspecified atom stereocenters. The Morgan fingerprint density at radius 1 is 1.53 bits per heavy atom. The first-order valence-corrected chi connectivity index (χ1v) is 6.57. The predicted octanol–water partition coefficient (Wildman–Crippen LogP) is 2.08. The van der Waals surface area contributed by atoms with E-state index in [-0.39, 0.29) is 5.91 Å². The maximum Gasteiger partial charge on any atom is 0.238 e. The van der Waals surface area contributed by atoms with Crippen LogP contribution in [0.2, 0.25) is 0 Å². The lowest BCUT2D eigenvalue weighted by Gasteiger charge is -2.16. The Bertz CT molecular complexity index is 506. The van der Waals surface area contributed by atoms with E-state index in [1.165, 1.54) is 6.42 Å². The molecule has 4 heteroatoms. The van der Waals surface area contributed by atoms with E-state index in [0.717, 1.165) is 18.4 Å². The standard InChI is InChI=1S/C15H19N3O/c1-11-7-13(11)9-18(2)10-15(19)17-14-6-4-3-5-12(14)8-16/h3-6,11,13H,7,9-10H2,1-2H3,(H,17,19). The number of para-hydroxylation sites is 1. The van der Waals surface area contributed by atoms with Gasteiger partial charge in [0.15, 0.2) is 0 Å². The third kappa shape index (κ3) is 3.80. The van der Waals surface area contributed by atoms with Crippen LogP contribution in [0.4, 0.5) is 5.69 Å². The SMILES string of the molecule is CC1CC1CN(C)CC(=O)Nc1ccccc1C#N. The number of carbonyl (C=O) groups is 1. The van der Waals surface area contributed by atoms with Crippen LogP contribution in [0.3, 0.4) is 0 Å². The molecule has 1 aromatic carbocycles. The van der Waals surface area contributed by atoms with Crippen LogP contribution in [0.25, 0.3) is 0 Å². The largest absolute Gasteiger partial charge is 0.324 e. The van der Waals surface area contributed by atoms with E-state index in [9.17, 15) is 4.79 Å². The summed E-state index contributed by atoms with van der Waals surface area (Å²) < 4.78 is 0. The molecule has 1 saturated carbocycles. The van der Waals surface area contributed by atoms with Gasteiger partial charge in [0.05, 0.1) is 17.8 Å². The quantitative estimate of drug-likeness (QED) is 0.878. The highest BCUT2D eigenvalue weighted by molar-refractivity contribution is 5.93. The number of rotatable bonds is 5. The molecule has 0 radical (unpaired) electrons. The van der Waals surface area contributed by atoms with Crippen LogP contribution in [0.1, 0.15) is 18.9 Å². The van der Waals surface area contributed by atoms with Crippen molar-refractivity contribution < 1.29 is 4.79 Å². The molecule has 0 aliphatic heterocycles.